The van der Waals surface area contributed by atoms with Crippen molar-refractivity contribution in [3.63, 3.8) is 0 Å². The van der Waals surface area contributed by atoms with Crippen LogP contribution in [-0.4, -0.2) is 47.2 Å². The van der Waals surface area contributed by atoms with Gasteiger partial charge in [-0.15, -0.1) is 11.3 Å². The zero-order valence-corrected chi connectivity index (χ0v) is 14.2. The molecule has 126 valence electrons. The zero-order chi connectivity index (χ0) is 16.4. The number of amides is 1. The molecular weight excluding hydrogens is 324 g/mol. The fourth-order valence-electron chi connectivity index (χ4n) is 3.52. The standard InChI is InChI=1S/C18H20N2O3S/c21-18(16-6-3-9-24-16)20-11-15(17-14(20)5-2-8-22-17)23-12-13-4-1-7-19-10-13/h1,3-4,6-7,9-10,14-15,17H,2,5,8,11-12H2/t14-,15+,17+/m0/s1. The lowest BCUT2D eigenvalue weighted by atomic mass is 10.0. The van der Waals surface area contributed by atoms with Gasteiger partial charge in [0.1, 0.15) is 12.2 Å². The number of carbonyl (C=O) groups excluding carboxylic acids is 1. The third-order valence-corrected chi connectivity index (χ3v) is 5.51. The molecule has 24 heavy (non-hydrogen) atoms. The summed E-state index contributed by atoms with van der Waals surface area (Å²) in [5, 5.41) is 1.94. The van der Waals surface area contributed by atoms with Gasteiger partial charge in [0.15, 0.2) is 0 Å². The van der Waals surface area contributed by atoms with Crippen molar-refractivity contribution in [2.45, 2.75) is 37.7 Å². The molecule has 2 aromatic rings. The number of fused-ring (bicyclic) bond motifs is 1. The molecule has 4 heterocycles. The van der Waals surface area contributed by atoms with E-state index in [-0.39, 0.29) is 24.2 Å². The van der Waals surface area contributed by atoms with Crippen LogP contribution >= 0.6 is 11.3 Å². The van der Waals surface area contributed by atoms with Crippen LogP contribution in [0, 0.1) is 0 Å². The average Bonchev–Trinajstić information content (AvgIpc) is 3.29. The first-order valence-electron chi connectivity index (χ1n) is 8.29. The van der Waals surface area contributed by atoms with Gasteiger partial charge in [-0.25, -0.2) is 0 Å². The van der Waals surface area contributed by atoms with Crippen molar-refractivity contribution in [1.29, 1.82) is 0 Å². The van der Waals surface area contributed by atoms with Crippen molar-refractivity contribution in [2.75, 3.05) is 13.2 Å². The summed E-state index contributed by atoms with van der Waals surface area (Å²) in [5.74, 6) is 0.0953. The smallest absolute Gasteiger partial charge is 0.264 e. The first-order valence-corrected chi connectivity index (χ1v) is 9.17. The van der Waals surface area contributed by atoms with E-state index in [2.05, 4.69) is 4.98 Å². The van der Waals surface area contributed by atoms with Gasteiger partial charge in [-0.3, -0.25) is 9.78 Å². The molecule has 4 rings (SSSR count). The van der Waals surface area contributed by atoms with Crippen LogP contribution in [0.4, 0.5) is 0 Å². The molecule has 0 unspecified atom stereocenters. The molecule has 0 bridgehead atoms. The van der Waals surface area contributed by atoms with Crippen molar-refractivity contribution in [3.05, 3.63) is 52.5 Å². The molecule has 2 aliphatic heterocycles. The Morgan fingerprint density at radius 2 is 2.38 bits per heavy atom. The van der Waals surface area contributed by atoms with Gasteiger partial charge in [0, 0.05) is 19.0 Å². The molecule has 2 aliphatic rings. The maximum Gasteiger partial charge on any atom is 0.264 e. The Balaban J connectivity index is 1.48. The van der Waals surface area contributed by atoms with Crippen LogP contribution < -0.4 is 0 Å². The highest BCUT2D eigenvalue weighted by molar-refractivity contribution is 7.12. The van der Waals surface area contributed by atoms with E-state index in [1.54, 1.807) is 6.20 Å². The third-order valence-electron chi connectivity index (χ3n) is 4.66. The molecule has 3 atom stereocenters. The van der Waals surface area contributed by atoms with Crippen LogP contribution in [0.5, 0.6) is 0 Å². The van der Waals surface area contributed by atoms with Crippen molar-refractivity contribution in [3.8, 4) is 0 Å². The summed E-state index contributed by atoms with van der Waals surface area (Å²) < 4.78 is 12.1. The maximum atomic E-state index is 12.8. The summed E-state index contributed by atoms with van der Waals surface area (Å²) in [5.41, 5.74) is 1.04. The van der Waals surface area contributed by atoms with Crippen molar-refractivity contribution >= 4 is 17.2 Å². The molecule has 0 aliphatic carbocycles. The van der Waals surface area contributed by atoms with Crippen molar-refractivity contribution < 1.29 is 14.3 Å². The highest BCUT2D eigenvalue weighted by Gasteiger charge is 2.46. The van der Waals surface area contributed by atoms with Gasteiger partial charge in [0.25, 0.3) is 5.91 Å². The Morgan fingerprint density at radius 1 is 1.42 bits per heavy atom. The van der Waals surface area contributed by atoms with E-state index in [0.717, 1.165) is 29.9 Å². The van der Waals surface area contributed by atoms with E-state index in [1.807, 2.05) is 40.7 Å². The molecule has 2 fully saturated rings. The van der Waals surface area contributed by atoms with Crippen LogP contribution in [-0.2, 0) is 16.1 Å². The Labute approximate surface area is 145 Å². The zero-order valence-electron chi connectivity index (χ0n) is 13.3. The number of aromatic nitrogens is 1. The molecule has 1 amide bonds. The summed E-state index contributed by atoms with van der Waals surface area (Å²) in [7, 11) is 0. The monoisotopic (exact) mass is 344 g/mol. The lowest BCUT2D eigenvalue weighted by molar-refractivity contribution is -0.0809. The van der Waals surface area contributed by atoms with Gasteiger partial charge in [-0.1, -0.05) is 12.1 Å². The quantitative estimate of drug-likeness (QED) is 0.856. The van der Waals surface area contributed by atoms with Gasteiger partial charge in [-0.05, 0) is 35.9 Å². The second-order valence-electron chi connectivity index (χ2n) is 6.19. The van der Waals surface area contributed by atoms with E-state index in [1.165, 1.54) is 11.3 Å². The van der Waals surface area contributed by atoms with Gasteiger partial charge < -0.3 is 14.4 Å². The van der Waals surface area contributed by atoms with Gasteiger partial charge in [-0.2, -0.15) is 0 Å². The number of hydrogen-bond donors (Lipinski definition) is 0. The maximum absolute atomic E-state index is 12.8. The van der Waals surface area contributed by atoms with E-state index in [9.17, 15) is 4.79 Å². The summed E-state index contributed by atoms with van der Waals surface area (Å²) in [6, 6.07) is 7.82. The Hall–Kier alpha value is -1.76. The molecular formula is C18H20N2O3S. The lowest BCUT2D eigenvalue weighted by Crippen LogP contribution is -2.43. The van der Waals surface area contributed by atoms with Gasteiger partial charge in [0.05, 0.1) is 24.1 Å². The largest absolute Gasteiger partial charge is 0.373 e. The van der Waals surface area contributed by atoms with Crippen LogP contribution in [0.3, 0.4) is 0 Å². The van der Waals surface area contributed by atoms with Crippen molar-refractivity contribution in [1.82, 2.24) is 9.88 Å². The predicted molar refractivity (Wildman–Crippen MR) is 90.9 cm³/mol. The summed E-state index contributed by atoms with van der Waals surface area (Å²) in [4.78, 5) is 19.6. The number of rotatable bonds is 4. The minimum atomic E-state index is -0.0839. The number of thiophene rings is 1. The number of carbonyl (C=O) groups is 1. The topological polar surface area (TPSA) is 51.7 Å². The Bertz CT molecular complexity index is 677. The van der Waals surface area contributed by atoms with Crippen LogP contribution in [0.25, 0.3) is 0 Å². The van der Waals surface area contributed by atoms with Crippen molar-refractivity contribution in [2.24, 2.45) is 0 Å². The normalized spacial score (nSPS) is 26.3. The molecule has 0 spiro atoms. The molecule has 6 heteroatoms. The first kappa shape index (κ1) is 15.7. The molecule has 5 nitrogen and oxygen atoms in total. The third kappa shape index (κ3) is 3.09. The van der Waals surface area contributed by atoms with E-state index in [4.69, 9.17) is 9.47 Å². The Kier molecular flexibility index (Phi) is 4.60. The van der Waals surface area contributed by atoms with Gasteiger partial charge in [0.2, 0.25) is 0 Å². The molecule has 0 N–H and O–H groups in total. The van der Waals surface area contributed by atoms with Gasteiger partial charge >= 0.3 is 0 Å². The molecule has 0 aromatic carbocycles. The average molecular weight is 344 g/mol. The summed E-state index contributed by atoms with van der Waals surface area (Å²) in [6.07, 6.45) is 5.42. The predicted octanol–water partition coefficient (Wildman–Crippen LogP) is 2.73. The SMILES string of the molecule is O=C(c1cccs1)N1C[C@@H](OCc2cccnc2)[C@@H]2OCCC[C@@H]21. The second kappa shape index (κ2) is 7.01. The molecule has 2 saturated heterocycles. The molecule has 0 radical (unpaired) electrons. The fraction of sp³-hybridized carbons (Fsp3) is 0.444. The van der Waals surface area contributed by atoms with E-state index in [0.29, 0.717) is 13.2 Å². The summed E-state index contributed by atoms with van der Waals surface area (Å²) in [6.45, 7) is 1.83. The minimum Gasteiger partial charge on any atom is -0.373 e. The van der Waals surface area contributed by atoms with Crippen LogP contribution in [0.15, 0.2) is 42.0 Å². The molecule has 2 aromatic heterocycles. The lowest BCUT2D eigenvalue weighted by Gasteiger charge is -2.32. The number of likely N-dealkylation sites (tertiary alicyclic amines) is 1. The minimum absolute atomic E-state index is 0.0284. The number of nitrogens with zero attached hydrogens (tertiary/aromatic N) is 2. The highest BCUT2D eigenvalue weighted by Crippen LogP contribution is 2.32. The fourth-order valence-corrected chi connectivity index (χ4v) is 4.20. The van der Waals surface area contributed by atoms with Crippen LogP contribution in [0.1, 0.15) is 28.1 Å². The highest BCUT2D eigenvalue weighted by atomic mass is 32.1. The summed E-state index contributed by atoms with van der Waals surface area (Å²) >= 11 is 1.49. The van der Waals surface area contributed by atoms with E-state index >= 15 is 0 Å². The second-order valence-corrected chi connectivity index (χ2v) is 7.14. The first-order chi connectivity index (χ1) is 11.8. The number of hydrogen-bond acceptors (Lipinski definition) is 5. The molecule has 0 saturated carbocycles. The van der Waals surface area contributed by atoms with E-state index < -0.39 is 0 Å². The van der Waals surface area contributed by atoms with Crippen LogP contribution in [0.2, 0.25) is 0 Å². The Morgan fingerprint density at radius 3 is 3.17 bits per heavy atom. The number of ether oxygens (including phenoxy) is 2. The number of pyridine rings is 1.